The first-order valence-electron chi connectivity index (χ1n) is 9.36. The quantitative estimate of drug-likeness (QED) is 0.659. The third-order valence-corrected chi connectivity index (χ3v) is 4.09. The standard InChI is InChI=1S/C21H34N2O3/c1-14(2)13-15-9-11-16(12-10-15)17(19(23)24)7-6-8-18(22)20(25)26-21(3,4)5/h9-12,14,17-18H,6-8,13,22H2,1-5H3,(H2,23,24). The lowest BCUT2D eigenvalue weighted by Crippen LogP contribution is -2.37. The Morgan fingerprint density at radius 2 is 1.65 bits per heavy atom. The van der Waals surface area contributed by atoms with E-state index in [1.807, 2.05) is 32.9 Å². The molecule has 0 radical (unpaired) electrons. The van der Waals surface area contributed by atoms with Gasteiger partial charge in [-0.05, 0) is 57.1 Å². The van der Waals surface area contributed by atoms with Crippen molar-refractivity contribution in [3.8, 4) is 0 Å². The van der Waals surface area contributed by atoms with Crippen LogP contribution in [0.25, 0.3) is 0 Å². The number of rotatable bonds is 9. The molecule has 0 heterocycles. The molecule has 0 aliphatic heterocycles. The summed E-state index contributed by atoms with van der Waals surface area (Å²) in [6.45, 7) is 9.78. The van der Waals surface area contributed by atoms with Crippen LogP contribution in [0.15, 0.2) is 24.3 Å². The molecule has 0 fully saturated rings. The summed E-state index contributed by atoms with van der Waals surface area (Å²) in [5.74, 6) is -0.547. The summed E-state index contributed by atoms with van der Waals surface area (Å²) in [7, 11) is 0. The predicted molar refractivity (Wildman–Crippen MR) is 105 cm³/mol. The van der Waals surface area contributed by atoms with Crippen molar-refractivity contribution in [1.29, 1.82) is 0 Å². The van der Waals surface area contributed by atoms with Crippen LogP contribution in [0.2, 0.25) is 0 Å². The monoisotopic (exact) mass is 362 g/mol. The summed E-state index contributed by atoms with van der Waals surface area (Å²) in [6, 6.07) is 7.37. The molecule has 0 aromatic heterocycles. The molecule has 1 rings (SSSR count). The van der Waals surface area contributed by atoms with E-state index in [1.165, 1.54) is 5.56 Å². The number of ether oxygens (including phenoxy) is 1. The van der Waals surface area contributed by atoms with Gasteiger partial charge in [0, 0.05) is 0 Å². The predicted octanol–water partition coefficient (Wildman–Crippen LogP) is 3.29. The molecule has 0 aliphatic carbocycles. The first-order chi connectivity index (χ1) is 12.0. The van der Waals surface area contributed by atoms with Crippen LogP contribution in [0, 0.1) is 5.92 Å². The Morgan fingerprint density at radius 3 is 2.12 bits per heavy atom. The van der Waals surface area contributed by atoms with Crippen LogP contribution in [-0.4, -0.2) is 23.5 Å². The first kappa shape index (κ1) is 22.2. The second-order valence-corrected chi connectivity index (χ2v) is 8.37. The van der Waals surface area contributed by atoms with Crippen LogP contribution < -0.4 is 11.5 Å². The van der Waals surface area contributed by atoms with Gasteiger partial charge in [-0.2, -0.15) is 0 Å². The van der Waals surface area contributed by atoms with Gasteiger partial charge in [0.1, 0.15) is 11.6 Å². The zero-order chi connectivity index (χ0) is 19.9. The zero-order valence-electron chi connectivity index (χ0n) is 16.7. The van der Waals surface area contributed by atoms with E-state index in [0.717, 1.165) is 12.0 Å². The summed E-state index contributed by atoms with van der Waals surface area (Å²) in [5.41, 5.74) is 13.1. The second-order valence-electron chi connectivity index (χ2n) is 8.37. The van der Waals surface area contributed by atoms with Gasteiger partial charge in [0.25, 0.3) is 0 Å². The van der Waals surface area contributed by atoms with Crippen LogP contribution in [0.5, 0.6) is 0 Å². The summed E-state index contributed by atoms with van der Waals surface area (Å²) in [5, 5.41) is 0. The molecule has 26 heavy (non-hydrogen) atoms. The van der Waals surface area contributed by atoms with Crippen molar-refractivity contribution in [2.45, 2.75) is 77.9 Å². The van der Waals surface area contributed by atoms with Crippen molar-refractivity contribution in [2.24, 2.45) is 17.4 Å². The molecule has 146 valence electrons. The molecule has 1 amide bonds. The van der Waals surface area contributed by atoms with Crippen molar-refractivity contribution in [3.05, 3.63) is 35.4 Å². The number of carbonyl (C=O) groups is 2. The van der Waals surface area contributed by atoms with E-state index in [1.54, 1.807) is 0 Å². The lowest BCUT2D eigenvalue weighted by atomic mass is 9.90. The van der Waals surface area contributed by atoms with Gasteiger partial charge >= 0.3 is 5.97 Å². The maximum atomic E-state index is 11.9. The Morgan fingerprint density at radius 1 is 1.08 bits per heavy atom. The number of amides is 1. The minimum atomic E-state index is -0.684. The molecule has 2 unspecified atom stereocenters. The lowest BCUT2D eigenvalue weighted by Gasteiger charge is -2.22. The molecule has 0 bridgehead atoms. The smallest absolute Gasteiger partial charge is 0.323 e. The molecular weight excluding hydrogens is 328 g/mol. The average molecular weight is 363 g/mol. The molecule has 0 saturated carbocycles. The highest BCUT2D eigenvalue weighted by Crippen LogP contribution is 2.23. The Labute approximate surface area is 157 Å². The van der Waals surface area contributed by atoms with E-state index in [4.69, 9.17) is 16.2 Å². The maximum Gasteiger partial charge on any atom is 0.323 e. The molecule has 0 aliphatic rings. The van der Waals surface area contributed by atoms with Crippen LogP contribution in [0.1, 0.15) is 70.9 Å². The number of nitrogens with two attached hydrogens (primary N) is 2. The fourth-order valence-electron chi connectivity index (χ4n) is 2.87. The molecule has 4 N–H and O–H groups in total. The van der Waals surface area contributed by atoms with Crippen LogP contribution in [0.4, 0.5) is 0 Å². The highest BCUT2D eigenvalue weighted by atomic mass is 16.6. The van der Waals surface area contributed by atoms with Gasteiger partial charge in [0.15, 0.2) is 0 Å². The minimum Gasteiger partial charge on any atom is -0.459 e. The van der Waals surface area contributed by atoms with E-state index < -0.39 is 17.6 Å². The molecular formula is C21H34N2O3. The van der Waals surface area contributed by atoms with E-state index in [2.05, 4.69) is 26.0 Å². The number of esters is 1. The fraction of sp³-hybridized carbons (Fsp3) is 0.619. The van der Waals surface area contributed by atoms with E-state index >= 15 is 0 Å². The Bertz CT molecular complexity index is 588. The van der Waals surface area contributed by atoms with Crippen LogP contribution >= 0.6 is 0 Å². The molecule has 1 aromatic carbocycles. The van der Waals surface area contributed by atoms with Crippen molar-refractivity contribution in [3.63, 3.8) is 0 Å². The van der Waals surface area contributed by atoms with Gasteiger partial charge in [-0.1, -0.05) is 44.5 Å². The molecule has 0 spiro atoms. The van der Waals surface area contributed by atoms with E-state index in [-0.39, 0.29) is 11.8 Å². The number of carbonyl (C=O) groups excluding carboxylic acids is 2. The molecule has 1 aromatic rings. The van der Waals surface area contributed by atoms with Crippen molar-refractivity contribution >= 4 is 11.9 Å². The summed E-state index contributed by atoms with van der Waals surface area (Å²) >= 11 is 0. The molecule has 0 saturated heterocycles. The minimum absolute atomic E-state index is 0.354. The van der Waals surface area contributed by atoms with Gasteiger partial charge in [0.05, 0.1) is 5.92 Å². The van der Waals surface area contributed by atoms with E-state index in [9.17, 15) is 9.59 Å². The third kappa shape index (κ3) is 8.00. The number of hydrogen-bond acceptors (Lipinski definition) is 4. The summed E-state index contributed by atoms with van der Waals surface area (Å²) < 4.78 is 5.28. The van der Waals surface area contributed by atoms with Crippen LogP contribution in [-0.2, 0) is 20.7 Å². The van der Waals surface area contributed by atoms with Gasteiger partial charge in [-0.25, -0.2) is 0 Å². The first-order valence-corrected chi connectivity index (χ1v) is 9.36. The SMILES string of the molecule is CC(C)Cc1ccc(C(CCCC(N)C(=O)OC(C)(C)C)C(N)=O)cc1. The normalized spacial score (nSPS) is 14.1. The molecule has 2 atom stereocenters. The highest BCUT2D eigenvalue weighted by Gasteiger charge is 2.23. The van der Waals surface area contributed by atoms with Gasteiger partial charge in [0.2, 0.25) is 5.91 Å². The number of hydrogen-bond donors (Lipinski definition) is 2. The van der Waals surface area contributed by atoms with Crippen molar-refractivity contribution in [2.75, 3.05) is 0 Å². The zero-order valence-corrected chi connectivity index (χ0v) is 16.7. The van der Waals surface area contributed by atoms with E-state index in [0.29, 0.717) is 25.2 Å². The summed E-state index contributed by atoms with van der Waals surface area (Å²) in [4.78, 5) is 23.8. The second kappa shape index (κ2) is 9.72. The topological polar surface area (TPSA) is 95.4 Å². The van der Waals surface area contributed by atoms with Crippen molar-refractivity contribution in [1.82, 2.24) is 0 Å². The fourth-order valence-corrected chi connectivity index (χ4v) is 2.87. The third-order valence-electron chi connectivity index (χ3n) is 4.09. The highest BCUT2D eigenvalue weighted by molar-refractivity contribution is 5.82. The molecule has 5 nitrogen and oxygen atoms in total. The Balaban J connectivity index is 2.61. The van der Waals surface area contributed by atoms with Crippen LogP contribution in [0.3, 0.4) is 0 Å². The van der Waals surface area contributed by atoms with Gasteiger partial charge in [-0.3, -0.25) is 9.59 Å². The summed E-state index contributed by atoms with van der Waals surface area (Å²) in [6.07, 6.45) is 2.66. The largest absolute Gasteiger partial charge is 0.459 e. The Kier molecular flexibility index (Phi) is 8.28. The number of primary amides is 1. The van der Waals surface area contributed by atoms with Gasteiger partial charge < -0.3 is 16.2 Å². The van der Waals surface area contributed by atoms with Crippen molar-refractivity contribution < 1.29 is 14.3 Å². The number of benzene rings is 1. The Hall–Kier alpha value is -1.88. The molecule has 5 heteroatoms. The maximum absolute atomic E-state index is 11.9. The average Bonchev–Trinajstić information content (AvgIpc) is 2.49. The lowest BCUT2D eigenvalue weighted by molar-refractivity contribution is -0.156. The van der Waals surface area contributed by atoms with Gasteiger partial charge in [-0.15, -0.1) is 0 Å².